The number of aryl methyl sites for hydroxylation is 2. The number of nitrogen functional groups attached to an aromatic ring is 1. The van der Waals surface area contributed by atoms with Crippen LogP contribution in [0, 0.1) is 19.7 Å². The van der Waals surface area contributed by atoms with E-state index in [1.54, 1.807) is 23.1 Å². The van der Waals surface area contributed by atoms with Crippen LogP contribution in [0.5, 0.6) is 0 Å². The van der Waals surface area contributed by atoms with E-state index in [0.717, 1.165) is 22.3 Å². The highest BCUT2D eigenvalue weighted by molar-refractivity contribution is 5.97. The van der Waals surface area contributed by atoms with Gasteiger partial charge in [-0.05, 0) is 31.4 Å². The Morgan fingerprint density at radius 2 is 2.05 bits per heavy atom. The largest absolute Gasteiger partial charge is 0.396 e. The molecular weight excluding hydrogens is 255 g/mol. The lowest BCUT2D eigenvalue weighted by Crippen LogP contribution is -1.98. The molecule has 0 amide bonds. The minimum Gasteiger partial charge on any atom is -0.396 e. The Labute approximate surface area is 116 Å². The van der Waals surface area contributed by atoms with Gasteiger partial charge in [0, 0.05) is 41.6 Å². The lowest BCUT2D eigenvalue weighted by atomic mass is 9.98. The molecule has 0 fully saturated rings. The van der Waals surface area contributed by atoms with E-state index in [-0.39, 0.29) is 5.69 Å². The van der Waals surface area contributed by atoms with Crippen LogP contribution in [0.4, 0.5) is 10.1 Å². The molecule has 2 N–H and O–H groups in total. The summed E-state index contributed by atoms with van der Waals surface area (Å²) in [5.41, 5.74) is 9.05. The second-order valence-electron chi connectivity index (χ2n) is 4.92. The zero-order chi connectivity index (χ0) is 14.4. The Kier molecular flexibility index (Phi) is 2.71. The van der Waals surface area contributed by atoms with E-state index in [0.29, 0.717) is 10.9 Å². The van der Waals surface area contributed by atoms with Crippen molar-refractivity contribution in [2.24, 2.45) is 7.05 Å². The molecule has 3 rings (SSSR count). The molecule has 102 valence electrons. The first kappa shape index (κ1) is 12.6. The fourth-order valence-corrected chi connectivity index (χ4v) is 2.58. The molecule has 2 heterocycles. The number of fused-ring (bicyclic) bond motifs is 1. The average Bonchev–Trinajstić information content (AvgIpc) is 2.68. The van der Waals surface area contributed by atoms with Crippen LogP contribution in [0.15, 0.2) is 24.5 Å². The van der Waals surface area contributed by atoms with Crippen molar-refractivity contribution in [3.05, 3.63) is 41.7 Å². The van der Waals surface area contributed by atoms with Crippen LogP contribution in [0.2, 0.25) is 0 Å². The van der Waals surface area contributed by atoms with E-state index in [1.165, 1.54) is 0 Å². The van der Waals surface area contributed by atoms with Gasteiger partial charge >= 0.3 is 0 Å². The minimum atomic E-state index is -0.412. The minimum absolute atomic E-state index is 0.133. The lowest BCUT2D eigenvalue weighted by molar-refractivity contribution is 0.637. The summed E-state index contributed by atoms with van der Waals surface area (Å²) >= 11 is 0. The van der Waals surface area contributed by atoms with Gasteiger partial charge in [0.1, 0.15) is 0 Å². The molecule has 5 heteroatoms. The van der Waals surface area contributed by atoms with E-state index < -0.39 is 5.82 Å². The molecule has 0 bridgehead atoms. The Morgan fingerprint density at radius 3 is 2.70 bits per heavy atom. The van der Waals surface area contributed by atoms with E-state index in [9.17, 15) is 4.39 Å². The van der Waals surface area contributed by atoms with Crippen LogP contribution in [-0.2, 0) is 7.05 Å². The van der Waals surface area contributed by atoms with Gasteiger partial charge in [-0.3, -0.25) is 9.67 Å². The van der Waals surface area contributed by atoms with Crippen LogP contribution >= 0.6 is 0 Å². The van der Waals surface area contributed by atoms with Crippen molar-refractivity contribution in [3.8, 4) is 11.1 Å². The lowest BCUT2D eigenvalue weighted by Gasteiger charge is -2.10. The Bertz CT molecular complexity index is 820. The molecule has 0 aliphatic rings. The summed E-state index contributed by atoms with van der Waals surface area (Å²) < 4.78 is 16.3. The standard InChI is InChI=1S/C15H15FN4/c1-8-13(9(2)20(3)19-8)11-6-10-4-5-18-7-12(10)15(17)14(11)16/h4-7H,17H2,1-3H3. The fourth-order valence-electron chi connectivity index (χ4n) is 2.58. The van der Waals surface area contributed by atoms with Gasteiger partial charge in [-0.2, -0.15) is 5.10 Å². The molecule has 0 atom stereocenters. The molecule has 0 aliphatic carbocycles. The number of hydrogen-bond donors (Lipinski definition) is 1. The highest BCUT2D eigenvalue weighted by atomic mass is 19.1. The van der Waals surface area contributed by atoms with Crippen molar-refractivity contribution in [1.82, 2.24) is 14.8 Å². The summed E-state index contributed by atoms with van der Waals surface area (Å²) in [6.07, 6.45) is 3.26. The number of rotatable bonds is 1. The molecule has 0 unspecified atom stereocenters. The average molecular weight is 270 g/mol. The van der Waals surface area contributed by atoms with Gasteiger partial charge in [0.25, 0.3) is 0 Å². The number of nitrogens with two attached hydrogens (primary N) is 1. The number of nitrogens with zero attached hydrogens (tertiary/aromatic N) is 3. The van der Waals surface area contributed by atoms with E-state index in [2.05, 4.69) is 10.1 Å². The molecule has 3 aromatic rings. The molecule has 4 nitrogen and oxygen atoms in total. The Hall–Kier alpha value is -2.43. The first-order chi connectivity index (χ1) is 9.50. The third-order valence-corrected chi connectivity index (χ3v) is 3.70. The zero-order valence-corrected chi connectivity index (χ0v) is 11.6. The van der Waals surface area contributed by atoms with Crippen LogP contribution < -0.4 is 5.73 Å². The zero-order valence-electron chi connectivity index (χ0n) is 11.6. The third-order valence-electron chi connectivity index (χ3n) is 3.70. The summed E-state index contributed by atoms with van der Waals surface area (Å²) in [4.78, 5) is 3.99. The molecule has 20 heavy (non-hydrogen) atoms. The van der Waals surface area contributed by atoms with Gasteiger partial charge in [0.2, 0.25) is 0 Å². The summed E-state index contributed by atoms with van der Waals surface area (Å²) in [5.74, 6) is -0.412. The number of halogens is 1. The van der Waals surface area contributed by atoms with E-state index >= 15 is 0 Å². The van der Waals surface area contributed by atoms with Crippen molar-refractivity contribution in [2.75, 3.05) is 5.73 Å². The van der Waals surface area contributed by atoms with Crippen LogP contribution in [0.25, 0.3) is 21.9 Å². The fraction of sp³-hybridized carbons (Fsp3) is 0.200. The van der Waals surface area contributed by atoms with Crippen LogP contribution in [-0.4, -0.2) is 14.8 Å². The van der Waals surface area contributed by atoms with Crippen molar-refractivity contribution < 1.29 is 4.39 Å². The Balaban J connectivity index is 2.40. The number of anilines is 1. The third kappa shape index (κ3) is 1.66. The van der Waals surface area contributed by atoms with Crippen LogP contribution in [0.1, 0.15) is 11.4 Å². The van der Waals surface area contributed by atoms with Gasteiger partial charge in [-0.1, -0.05) is 0 Å². The van der Waals surface area contributed by atoms with Gasteiger partial charge < -0.3 is 5.73 Å². The second-order valence-corrected chi connectivity index (χ2v) is 4.92. The van der Waals surface area contributed by atoms with Crippen molar-refractivity contribution >= 4 is 16.5 Å². The highest BCUT2D eigenvalue weighted by Gasteiger charge is 2.18. The molecule has 0 aliphatic heterocycles. The van der Waals surface area contributed by atoms with Crippen molar-refractivity contribution in [2.45, 2.75) is 13.8 Å². The van der Waals surface area contributed by atoms with Gasteiger partial charge in [-0.15, -0.1) is 0 Å². The normalized spacial score (nSPS) is 11.2. The summed E-state index contributed by atoms with van der Waals surface area (Å²) in [7, 11) is 1.85. The maximum Gasteiger partial charge on any atom is 0.154 e. The smallest absolute Gasteiger partial charge is 0.154 e. The predicted molar refractivity (Wildman–Crippen MR) is 77.8 cm³/mol. The SMILES string of the molecule is Cc1nn(C)c(C)c1-c1cc2ccncc2c(N)c1F. The van der Waals surface area contributed by atoms with Crippen LogP contribution in [0.3, 0.4) is 0 Å². The van der Waals surface area contributed by atoms with Crippen molar-refractivity contribution in [1.29, 1.82) is 0 Å². The highest BCUT2D eigenvalue weighted by Crippen LogP contribution is 2.35. The maximum atomic E-state index is 14.6. The van der Waals surface area contributed by atoms with Gasteiger partial charge in [0.05, 0.1) is 11.4 Å². The number of pyridine rings is 1. The molecule has 0 spiro atoms. The molecule has 0 radical (unpaired) electrons. The first-order valence-electron chi connectivity index (χ1n) is 6.33. The molecule has 0 saturated heterocycles. The molecule has 1 aromatic carbocycles. The van der Waals surface area contributed by atoms with E-state index in [1.807, 2.05) is 27.0 Å². The number of aromatic nitrogens is 3. The summed E-state index contributed by atoms with van der Waals surface area (Å²) in [6, 6.07) is 3.63. The van der Waals surface area contributed by atoms with E-state index in [4.69, 9.17) is 5.73 Å². The first-order valence-corrected chi connectivity index (χ1v) is 6.33. The molecule has 2 aromatic heterocycles. The monoisotopic (exact) mass is 270 g/mol. The van der Waals surface area contributed by atoms with Crippen molar-refractivity contribution in [3.63, 3.8) is 0 Å². The number of hydrogen-bond acceptors (Lipinski definition) is 3. The van der Waals surface area contributed by atoms with Gasteiger partial charge in [0.15, 0.2) is 5.82 Å². The summed E-state index contributed by atoms with van der Waals surface area (Å²) in [6.45, 7) is 3.79. The second kappa shape index (κ2) is 4.30. The summed E-state index contributed by atoms with van der Waals surface area (Å²) in [5, 5.41) is 5.84. The topological polar surface area (TPSA) is 56.7 Å². The Morgan fingerprint density at radius 1 is 1.30 bits per heavy atom. The predicted octanol–water partition coefficient (Wildman–Crippen LogP) is 2.97. The molecule has 0 saturated carbocycles. The quantitative estimate of drug-likeness (QED) is 0.692. The molecular formula is C15H15FN4. The van der Waals surface area contributed by atoms with Gasteiger partial charge in [-0.25, -0.2) is 4.39 Å². The number of benzene rings is 1. The maximum absolute atomic E-state index is 14.6.